The Kier molecular flexibility index (Phi) is 7.20. The van der Waals surface area contributed by atoms with Crippen molar-refractivity contribution in [1.82, 2.24) is 15.1 Å². The average Bonchev–Trinajstić information content (AvgIpc) is 3.62. The molecular formula is C25H23IN6O4S. The fourth-order valence-electron chi connectivity index (χ4n) is 4.12. The molecule has 2 amide bonds. The Morgan fingerprint density at radius 2 is 1.95 bits per heavy atom. The topological polar surface area (TPSA) is 118 Å². The Morgan fingerprint density at radius 1 is 1.24 bits per heavy atom. The van der Waals surface area contributed by atoms with Crippen LogP contribution >= 0.6 is 34.8 Å². The minimum atomic E-state index is -0.801. The average molecular weight is 630 g/mol. The van der Waals surface area contributed by atoms with Gasteiger partial charge in [-0.3, -0.25) is 19.0 Å². The van der Waals surface area contributed by atoms with E-state index >= 15 is 0 Å². The monoisotopic (exact) mass is 630 g/mol. The maximum Gasteiger partial charge on any atom is 0.325 e. The van der Waals surface area contributed by atoms with Gasteiger partial charge in [0.05, 0.1) is 6.42 Å². The van der Waals surface area contributed by atoms with Crippen molar-refractivity contribution in [3.63, 3.8) is 0 Å². The maximum absolute atomic E-state index is 13.4. The number of aromatic nitrogens is 2. The summed E-state index contributed by atoms with van der Waals surface area (Å²) < 4.78 is 7.83. The van der Waals surface area contributed by atoms with E-state index in [2.05, 4.69) is 38.2 Å². The van der Waals surface area contributed by atoms with Crippen molar-refractivity contribution in [3.8, 4) is 0 Å². The number of hydrogen-bond donors (Lipinski definition) is 1. The zero-order valence-electron chi connectivity index (χ0n) is 19.8. The van der Waals surface area contributed by atoms with Crippen LogP contribution in [0.25, 0.3) is 0 Å². The number of thiocarbonyl (C=S) groups is 1. The number of aryl methyl sites for hydroxylation is 1. The summed E-state index contributed by atoms with van der Waals surface area (Å²) in [5.74, 6) is -0.961. The third kappa shape index (κ3) is 5.49. The molecule has 0 radical (unpaired) electrons. The molecule has 2 heterocycles. The van der Waals surface area contributed by atoms with Gasteiger partial charge in [-0.2, -0.15) is 0 Å². The Morgan fingerprint density at radius 3 is 2.62 bits per heavy atom. The van der Waals surface area contributed by atoms with Gasteiger partial charge in [-0.25, -0.2) is 4.99 Å². The molecule has 0 bridgehead atoms. The highest BCUT2D eigenvalue weighted by molar-refractivity contribution is 14.1. The predicted octanol–water partition coefficient (Wildman–Crippen LogP) is 2.03. The van der Waals surface area contributed by atoms with Gasteiger partial charge in [0.1, 0.15) is 12.6 Å². The van der Waals surface area contributed by atoms with Crippen molar-refractivity contribution in [2.24, 2.45) is 12.0 Å². The molecule has 1 aromatic heterocycles. The number of halogens is 1. The summed E-state index contributed by atoms with van der Waals surface area (Å²) in [6, 6.07) is 15.3. The van der Waals surface area contributed by atoms with Crippen LogP contribution in [-0.4, -0.2) is 50.0 Å². The number of carbonyl (C=O) groups excluding carboxylic acids is 2. The standard InChI is InChI=1S/C25H23IN6O4S/c1-30-20(23(36-29-30)28-22(34)15-5-3-2-4-6-15)14-31-19(24(35)32(25(31)37)18-11-12-18)13-21(33)27-17-9-7-16(26)8-10-17/h2-10,18-19H,11-14H2,1H3,(H-,27,28,29,33,34). The largest absolute Gasteiger partial charge is 0.858 e. The number of rotatable bonds is 8. The van der Waals surface area contributed by atoms with Crippen LogP contribution in [0.15, 0.2) is 64.1 Å². The minimum Gasteiger partial charge on any atom is -0.858 e. The van der Waals surface area contributed by atoms with Crippen molar-refractivity contribution in [3.05, 3.63) is 69.4 Å². The molecule has 1 saturated carbocycles. The number of nitrogens with zero attached hydrogens (tertiary/aromatic N) is 5. The SMILES string of the molecule is C[n+]1noc(/N=C(\[O-])c2ccccc2)c1CN1C(=S)N(C2CC2)C(=O)C1CC(=O)Nc1ccc(I)cc1. The molecule has 190 valence electrons. The molecule has 2 aliphatic rings. The van der Waals surface area contributed by atoms with Gasteiger partial charge in [0.2, 0.25) is 11.2 Å². The normalized spacial score (nSPS) is 18.0. The van der Waals surface area contributed by atoms with Gasteiger partial charge in [0.25, 0.3) is 11.6 Å². The van der Waals surface area contributed by atoms with Crippen LogP contribution in [0.4, 0.5) is 11.6 Å². The molecule has 37 heavy (non-hydrogen) atoms. The number of carbonyl (C=O) groups is 2. The quantitative estimate of drug-likeness (QED) is 0.133. The first-order valence-corrected chi connectivity index (χ1v) is 13.2. The number of amides is 2. The first-order chi connectivity index (χ1) is 17.8. The van der Waals surface area contributed by atoms with Crippen LogP contribution in [-0.2, 0) is 23.2 Å². The molecule has 10 nitrogen and oxygen atoms in total. The Labute approximate surface area is 232 Å². The van der Waals surface area contributed by atoms with E-state index in [1.807, 2.05) is 30.3 Å². The molecule has 1 N–H and O–H groups in total. The van der Waals surface area contributed by atoms with Crippen LogP contribution in [0.2, 0.25) is 0 Å². The Bertz CT molecular complexity index is 1370. The minimum absolute atomic E-state index is 0.0264. The molecule has 1 unspecified atom stereocenters. The molecule has 1 saturated heterocycles. The van der Waals surface area contributed by atoms with E-state index in [0.29, 0.717) is 22.1 Å². The van der Waals surface area contributed by atoms with Gasteiger partial charge in [-0.05, 0) is 88.1 Å². The van der Waals surface area contributed by atoms with E-state index in [4.69, 9.17) is 16.7 Å². The predicted molar refractivity (Wildman–Crippen MR) is 145 cm³/mol. The summed E-state index contributed by atoms with van der Waals surface area (Å²) in [7, 11) is 1.66. The second-order valence-corrected chi connectivity index (χ2v) is 10.5. The van der Waals surface area contributed by atoms with Gasteiger partial charge in [-0.1, -0.05) is 30.3 Å². The molecule has 0 spiro atoms. The molecule has 2 fully saturated rings. The lowest BCUT2D eigenvalue weighted by atomic mass is 10.1. The molecule has 5 rings (SSSR count). The Hall–Kier alpha value is -3.39. The number of hydrogen-bond acceptors (Lipinski definition) is 7. The number of aliphatic imine (C=N–C) groups is 1. The first kappa shape index (κ1) is 25.3. The lowest BCUT2D eigenvalue weighted by Gasteiger charge is -2.21. The van der Waals surface area contributed by atoms with Crippen LogP contribution in [0.3, 0.4) is 0 Å². The summed E-state index contributed by atoms with van der Waals surface area (Å²) in [6.45, 7) is 0.0934. The second-order valence-electron chi connectivity index (χ2n) is 8.86. The molecule has 1 aliphatic carbocycles. The third-order valence-corrected chi connectivity index (χ3v) is 7.35. The van der Waals surface area contributed by atoms with Crippen molar-refractivity contribution in [2.75, 3.05) is 5.32 Å². The highest BCUT2D eigenvalue weighted by Crippen LogP contribution is 2.35. The second kappa shape index (κ2) is 10.5. The smallest absolute Gasteiger partial charge is 0.325 e. The Balaban J connectivity index is 1.40. The molecule has 2 aromatic carbocycles. The summed E-state index contributed by atoms with van der Waals surface area (Å²) in [5, 5.41) is 19.8. The molecule has 1 aliphatic heterocycles. The van der Waals surface area contributed by atoms with Gasteiger partial charge < -0.3 is 15.3 Å². The van der Waals surface area contributed by atoms with E-state index in [1.54, 1.807) is 41.1 Å². The summed E-state index contributed by atoms with van der Waals surface area (Å²) in [4.78, 5) is 33.7. The van der Waals surface area contributed by atoms with Gasteiger partial charge in [-0.15, -0.1) is 0 Å². The summed E-state index contributed by atoms with van der Waals surface area (Å²) in [5.41, 5.74) is 1.51. The van der Waals surface area contributed by atoms with Crippen LogP contribution in [0.1, 0.15) is 30.5 Å². The van der Waals surface area contributed by atoms with Crippen molar-refractivity contribution < 1.29 is 23.9 Å². The van der Waals surface area contributed by atoms with Gasteiger partial charge in [0.15, 0.2) is 12.2 Å². The molecule has 12 heteroatoms. The molecule has 1 atom stereocenters. The van der Waals surface area contributed by atoms with Crippen LogP contribution in [0, 0.1) is 3.57 Å². The first-order valence-electron chi connectivity index (χ1n) is 11.7. The summed E-state index contributed by atoms with van der Waals surface area (Å²) in [6.07, 6.45) is 1.65. The lowest BCUT2D eigenvalue weighted by molar-refractivity contribution is -0.746. The van der Waals surface area contributed by atoms with Crippen molar-refractivity contribution in [2.45, 2.75) is 37.9 Å². The van der Waals surface area contributed by atoms with E-state index in [9.17, 15) is 14.7 Å². The number of anilines is 1. The van der Waals surface area contributed by atoms with Crippen LogP contribution < -0.4 is 15.1 Å². The fourth-order valence-corrected chi connectivity index (χ4v) is 4.91. The van der Waals surface area contributed by atoms with E-state index in [1.165, 1.54) is 4.68 Å². The zero-order chi connectivity index (χ0) is 26.1. The van der Waals surface area contributed by atoms with Crippen molar-refractivity contribution >= 4 is 69.2 Å². The highest BCUT2D eigenvalue weighted by atomic mass is 127. The van der Waals surface area contributed by atoms with Crippen LogP contribution in [0.5, 0.6) is 0 Å². The zero-order valence-corrected chi connectivity index (χ0v) is 22.8. The van der Waals surface area contributed by atoms with E-state index in [-0.39, 0.29) is 36.7 Å². The maximum atomic E-state index is 13.4. The van der Waals surface area contributed by atoms with E-state index in [0.717, 1.165) is 16.4 Å². The third-order valence-electron chi connectivity index (χ3n) is 6.20. The fraction of sp³-hybridized carbons (Fsp3) is 0.280. The molecular weight excluding hydrogens is 607 g/mol. The molecule has 3 aromatic rings. The summed E-state index contributed by atoms with van der Waals surface area (Å²) >= 11 is 7.88. The van der Waals surface area contributed by atoms with Gasteiger partial charge in [0, 0.05) is 15.3 Å². The number of nitrogens with one attached hydrogen (secondary N) is 1. The lowest BCUT2D eigenvalue weighted by Crippen LogP contribution is -2.42. The highest BCUT2D eigenvalue weighted by Gasteiger charge is 2.50. The van der Waals surface area contributed by atoms with E-state index < -0.39 is 11.9 Å². The van der Waals surface area contributed by atoms with Gasteiger partial charge >= 0.3 is 5.88 Å². The number of benzene rings is 2. The van der Waals surface area contributed by atoms with Crippen molar-refractivity contribution in [1.29, 1.82) is 0 Å².